The van der Waals surface area contributed by atoms with Crippen molar-refractivity contribution < 1.29 is 14.6 Å². The van der Waals surface area contributed by atoms with Crippen LogP contribution in [0.1, 0.15) is 58.8 Å². The summed E-state index contributed by atoms with van der Waals surface area (Å²) >= 11 is 0. The van der Waals surface area contributed by atoms with Crippen LogP contribution in [0.4, 0.5) is 0 Å². The predicted molar refractivity (Wildman–Crippen MR) is 75.2 cm³/mol. The fourth-order valence-electron chi connectivity index (χ4n) is 5.54. The van der Waals surface area contributed by atoms with Crippen LogP contribution >= 0.6 is 0 Å². The van der Waals surface area contributed by atoms with Gasteiger partial charge in [-0.1, -0.05) is 20.4 Å². The Morgan fingerprint density at radius 1 is 1.20 bits per heavy atom. The highest BCUT2D eigenvalue weighted by Crippen LogP contribution is 2.71. The molecule has 0 amide bonds. The van der Waals surface area contributed by atoms with E-state index in [1.54, 1.807) is 0 Å². The van der Waals surface area contributed by atoms with E-state index in [1.807, 2.05) is 0 Å². The first kappa shape index (κ1) is 13.0. The Morgan fingerprint density at radius 3 is 2.70 bits per heavy atom. The maximum absolute atomic E-state index is 12.0. The minimum atomic E-state index is -0.776. The first-order chi connectivity index (χ1) is 9.27. The van der Waals surface area contributed by atoms with E-state index in [2.05, 4.69) is 20.4 Å². The molecule has 0 radical (unpaired) electrons. The predicted octanol–water partition coefficient (Wildman–Crippen LogP) is 2.76. The van der Waals surface area contributed by atoms with E-state index in [-0.39, 0.29) is 28.3 Å². The average molecular weight is 276 g/mol. The monoisotopic (exact) mass is 276 g/mol. The van der Waals surface area contributed by atoms with Crippen LogP contribution < -0.4 is 0 Å². The maximum Gasteiger partial charge on any atom is 0.164 e. The number of Topliss-reactive ketones (excluding diaryl/α,β-unsaturated/α-hetero) is 1. The number of carbonyl (C=O) groups is 1. The van der Waals surface area contributed by atoms with E-state index >= 15 is 0 Å². The van der Waals surface area contributed by atoms with Gasteiger partial charge < -0.3 is 9.84 Å². The third-order valence-electron chi connectivity index (χ3n) is 7.02. The van der Waals surface area contributed by atoms with Gasteiger partial charge in [-0.05, 0) is 44.1 Å². The molecule has 0 unspecified atom stereocenters. The van der Waals surface area contributed by atoms with Crippen molar-refractivity contribution in [2.24, 2.45) is 10.8 Å². The Kier molecular flexibility index (Phi) is 2.20. The van der Waals surface area contributed by atoms with Crippen molar-refractivity contribution in [3.05, 3.63) is 12.2 Å². The lowest BCUT2D eigenvalue weighted by atomic mass is 9.45. The van der Waals surface area contributed by atoms with E-state index in [0.717, 1.165) is 37.7 Å². The number of epoxide rings is 1. The summed E-state index contributed by atoms with van der Waals surface area (Å²) < 4.78 is 5.99. The quantitative estimate of drug-likeness (QED) is 0.547. The van der Waals surface area contributed by atoms with Crippen LogP contribution in [0, 0.1) is 10.8 Å². The lowest BCUT2D eigenvalue weighted by molar-refractivity contribution is -0.166. The number of ether oxygens (including phenoxy) is 1. The number of aliphatic hydroxyl groups is 1. The second-order valence-corrected chi connectivity index (χ2v) is 8.15. The minimum Gasteiger partial charge on any atom is -0.385 e. The summed E-state index contributed by atoms with van der Waals surface area (Å²) in [5.41, 5.74) is -0.339. The molecule has 110 valence electrons. The van der Waals surface area contributed by atoms with Gasteiger partial charge in [0.15, 0.2) is 5.78 Å². The number of fused-ring (bicyclic) bond motifs is 1. The fraction of sp³-hybridized carbons (Fsp3) is 0.824. The summed E-state index contributed by atoms with van der Waals surface area (Å²) in [6, 6.07) is 0. The Hall–Kier alpha value is -0.670. The van der Waals surface area contributed by atoms with Gasteiger partial charge in [-0.2, -0.15) is 0 Å². The zero-order valence-electron chi connectivity index (χ0n) is 12.5. The van der Waals surface area contributed by atoms with Gasteiger partial charge in [-0.3, -0.25) is 4.79 Å². The molecule has 0 aromatic rings. The Labute approximate surface area is 120 Å². The molecule has 5 atom stereocenters. The van der Waals surface area contributed by atoms with Crippen molar-refractivity contribution in [3.8, 4) is 0 Å². The van der Waals surface area contributed by atoms with E-state index in [9.17, 15) is 9.90 Å². The summed E-state index contributed by atoms with van der Waals surface area (Å²) in [6.45, 7) is 8.56. The molecule has 1 heterocycles. The molecule has 1 saturated heterocycles. The largest absolute Gasteiger partial charge is 0.385 e. The maximum atomic E-state index is 12.0. The first-order valence-electron chi connectivity index (χ1n) is 7.88. The third kappa shape index (κ3) is 1.23. The topological polar surface area (TPSA) is 49.8 Å². The van der Waals surface area contributed by atoms with Gasteiger partial charge in [-0.25, -0.2) is 0 Å². The molecule has 1 spiro atoms. The van der Waals surface area contributed by atoms with E-state index in [0.29, 0.717) is 12.8 Å². The summed E-state index contributed by atoms with van der Waals surface area (Å²) in [7, 11) is 0. The van der Waals surface area contributed by atoms with Gasteiger partial charge in [0, 0.05) is 17.3 Å². The molecule has 4 aliphatic rings. The van der Waals surface area contributed by atoms with Crippen LogP contribution in [0.15, 0.2) is 12.2 Å². The molecule has 3 heteroatoms. The zero-order chi connectivity index (χ0) is 14.4. The molecule has 1 aliphatic heterocycles. The number of carbonyl (C=O) groups excluding carboxylic acids is 1. The molecule has 20 heavy (non-hydrogen) atoms. The summed E-state index contributed by atoms with van der Waals surface area (Å²) in [5.74, 6) is 0.270. The number of rotatable bonds is 0. The third-order valence-corrected chi connectivity index (χ3v) is 7.02. The van der Waals surface area contributed by atoms with Gasteiger partial charge in [0.25, 0.3) is 0 Å². The van der Waals surface area contributed by atoms with Crippen molar-refractivity contribution in [2.75, 3.05) is 0 Å². The summed E-state index contributed by atoms with van der Waals surface area (Å²) in [5, 5.41) is 11.4. The molecule has 4 fully saturated rings. The Morgan fingerprint density at radius 2 is 1.95 bits per heavy atom. The van der Waals surface area contributed by atoms with Crippen LogP contribution in [-0.4, -0.2) is 28.2 Å². The lowest BCUT2D eigenvalue weighted by Gasteiger charge is -2.61. The van der Waals surface area contributed by atoms with Crippen molar-refractivity contribution in [2.45, 2.75) is 76.1 Å². The lowest BCUT2D eigenvalue weighted by Crippen LogP contribution is -2.64. The fourth-order valence-corrected chi connectivity index (χ4v) is 5.54. The van der Waals surface area contributed by atoms with Gasteiger partial charge in [0.05, 0.1) is 5.60 Å². The van der Waals surface area contributed by atoms with Gasteiger partial charge in [0.2, 0.25) is 0 Å². The summed E-state index contributed by atoms with van der Waals surface area (Å²) in [6.07, 6.45) is 5.78. The standard InChI is InChI=1S/C17H24O3/c1-11-5-4-7-14(2)10-17-13(20-17)12(18)6-8-15(17,3)9-16(11,14)19/h13,19H,1,4-10H2,2-3H3/t13-,14+,15+,16-,17-/m1/s1. The van der Waals surface area contributed by atoms with Crippen LogP contribution in [0.25, 0.3) is 0 Å². The zero-order valence-corrected chi connectivity index (χ0v) is 12.5. The Balaban J connectivity index is 1.80. The highest BCUT2D eigenvalue weighted by Gasteiger charge is 2.78. The highest BCUT2D eigenvalue weighted by molar-refractivity contribution is 5.88. The Bertz CT molecular complexity index is 526. The van der Waals surface area contributed by atoms with E-state index in [1.165, 1.54) is 0 Å². The van der Waals surface area contributed by atoms with Crippen LogP contribution in [0.5, 0.6) is 0 Å². The molecule has 0 aromatic carbocycles. The number of hydrogen-bond donors (Lipinski definition) is 1. The molecule has 3 nitrogen and oxygen atoms in total. The second kappa shape index (κ2) is 3.38. The first-order valence-corrected chi connectivity index (χ1v) is 7.88. The molecule has 0 bridgehead atoms. The van der Waals surface area contributed by atoms with Crippen LogP contribution in [-0.2, 0) is 9.53 Å². The highest BCUT2D eigenvalue weighted by atomic mass is 16.6. The second-order valence-electron chi connectivity index (χ2n) is 8.15. The van der Waals surface area contributed by atoms with E-state index in [4.69, 9.17) is 4.74 Å². The molecule has 3 aliphatic carbocycles. The minimum absolute atomic E-state index is 0.0832. The van der Waals surface area contributed by atoms with Crippen molar-refractivity contribution in [1.29, 1.82) is 0 Å². The van der Waals surface area contributed by atoms with Crippen LogP contribution in [0.2, 0.25) is 0 Å². The van der Waals surface area contributed by atoms with Crippen molar-refractivity contribution in [3.63, 3.8) is 0 Å². The van der Waals surface area contributed by atoms with E-state index < -0.39 is 5.60 Å². The van der Waals surface area contributed by atoms with Gasteiger partial charge in [-0.15, -0.1) is 0 Å². The molecule has 0 aromatic heterocycles. The summed E-state index contributed by atoms with van der Waals surface area (Å²) in [4.78, 5) is 12.0. The molecule has 1 N–H and O–H groups in total. The molecular weight excluding hydrogens is 252 g/mol. The smallest absolute Gasteiger partial charge is 0.164 e. The van der Waals surface area contributed by atoms with Crippen molar-refractivity contribution >= 4 is 5.78 Å². The normalized spacial score (nSPS) is 57.6. The molecule has 3 saturated carbocycles. The number of hydrogen-bond acceptors (Lipinski definition) is 3. The SMILES string of the molecule is C=C1CCC[C@@]2(C)C[C@@]34O[C@@H]3C(=O)CC[C@@]4(C)C[C@@]12O. The average Bonchev–Trinajstić information content (AvgIpc) is 3.08. The number of ketones is 1. The van der Waals surface area contributed by atoms with Gasteiger partial charge >= 0.3 is 0 Å². The van der Waals surface area contributed by atoms with Crippen molar-refractivity contribution in [1.82, 2.24) is 0 Å². The van der Waals surface area contributed by atoms with Gasteiger partial charge in [0.1, 0.15) is 11.7 Å². The van der Waals surface area contributed by atoms with Crippen LogP contribution in [0.3, 0.4) is 0 Å². The molecular formula is C17H24O3. The molecule has 4 rings (SSSR count).